The average molecular weight is 439 g/mol. The Morgan fingerprint density at radius 1 is 1.35 bits per heavy atom. The van der Waals surface area contributed by atoms with Gasteiger partial charge >= 0.3 is 13.1 Å². The number of carboxylic acids is 1. The third-order valence-electron chi connectivity index (χ3n) is 6.10. The largest absolute Gasteiger partial charge is 0.547 e. The first-order valence-electron chi connectivity index (χ1n) is 10.4. The van der Waals surface area contributed by atoms with Crippen LogP contribution < -0.4 is 9.97 Å². The number of aromatic carboxylic acids is 1. The summed E-state index contributed by atoms with van der Waals surface area (Å²) < 4.78 is 5.45. The van der Waals surface area contributed by atoms with E-state index in [2.05, 4.69) is 15.8 Å². The highest BCUT2D eigenvalue weighted by Gasteiger charge is 2.39. The van der Waals surface area contributed by atoms with Crippen LogP contribution in [-0.4, -0.2) is 58.1 Å². The smallest absolute Gasteiger partial charge is 0.534 e. The number of carbonyl (C=O) groups is 2. The number of hydrogen-bond acceptors (Lipinski definition) is 7. The SMILES string of the molecule is O=C(CN1C=C(C2=CSCC2)C2CCC2=N1)N[C@H]1Cc2cccc(C(=O)O)c2OB1O. The van der Waals surface area contributed by atoms with E-state index in [1.54, 1.807) is 17.1 Å². The summed E-state index contributed by atoms with van der Waals surface area (Å²) in [6.07, 6.45) is 5.37. The normalized spacial score (nSPS) is 24.1. The molecule has 1 aliphatic carbocycles. The van der Waals surface area contributed by atoms with Crippen LogP contribution in [0, 0.1) is 5.92 Å². The Labute approximate surface area is 184 Å². The molecule has 1 saturated carbocycles. The number of para-hydroxylation sites is 1. The molecule has 3 heterocycles. The zero-order valence-electron chi connectivity index (χ0n) is 16.8. The van der Waals surface area contributed by atoms with E-state index in [0.717, 1.165) is 30.7 Å². The first-order chi connectivity index (χ1) is 15.0. The maximum absolute atomic E-state index is 12.7. The number of fused-ring (bicyclic) bond motifs is 2. The van der Waals surface area contributed by atoms with Crippen LogP contribution in [0.2, 0.25) is 0 Å². The highest BCUT2D eigenvalue weighted by molar-refractivity contribution is 8.02. The van der Waals surface area contributed by atoms with Crippen LogP contribution in [0.5, 0.6) is 5.75 Å². The fourth-order valence-corrected chi connectivity index (χ4v) is 5.33. The molecule has 4 aliphatic rings. The summed E-state index contributed by atoms with van der Waals surface area (Å²) in [6.45, 7) is 0.0470. The molecule has 160 valence electrons. The van der Waals surface area contributed by atoms with Crippen molar-refractivity contribution >= 4 is 36.5 Å². The third-order valence-corrected chi connectivity index (χ3v) is 6.99. The van der Waals surface area contributed by atoms with Gasteiger partial charge in [0.05, 0.1) is 11.5 Å². The summed E-state index contributed by atoms with van der Waals surface area (Å²) in [7, 11) is -1.33. The summed E-state index contributed by atoms with van der Waals surface area (Å²) >= 11 is 1.82. The van der Waals surface area contributed by atoms with Crippen LogP contribution in [0.15, 0.2) is 46.1 Å². The Morgan fingerprint density at radius 3 is 2.94 bits per heavy atom. The fraction of sp³-hybridized carbons (Fsp3) is 0.381. The van der Waals surface area contributed by atoms with Gasteiger partial charge in [-0.1, -0.05) is 12.1 Å². The molecular formula is C21H22BN3O5S. The standard InChI is InChI=1S/C21H22BN3O5S/c26-19(10-25-9-16(13-6-7-31-11-13)14-4-5-17(14)24-25)23-18-8-12-2-1-3-15(21(27)28)20(12)30-22(18)29/h1-3,9,11,14,18,29H,4-8,10H2,(H,23,26)(H,27,28)/t14?,18-/m0/s1. The van der Waals surface area contributed by atoms with Gasteiger partial charge in [0.2, 0.25) is 5.91 Å². The van der Waals surface area contributed by atoms with Crippen LogP contribution in [-0.2, 0) is 11.2 Å². The summed E-state index contributed by atoms with van der Waals surface area (Å²) in [5.41, 5.74) is 4.37. The number of hydrogen-bond donors (Lipinski definition) is 3. The van der Waals surface area contributed by atoms with Gasteiger partial charge in [-0.2, -0.15) is 5.10 Å². The molecular weight excluding hydrogens is 417 g/mol. The Balaban J connectivity index is 1.27. The number of nitrogens with zero attached hydrogens (tertiary/aromatic N) is 2. The zero-order valence-corrected chi connectivity index (χ0v) is 17.6. The molecule has 2 atom stereocenters. The molecule has 0 radical (unpaired) electrons. The summed E-state index contributed by atoms with van der Waals surface area (Å²) in [5, 5.41) is 31.0. The van der Waals surface area contributed by atoms with Crippen molar-refractivity contribution in [2.75, 3.05) is 12.3 Å². The van der Waals surface area contributed by atoms with Gasteiger partial charge in [0.1, 0.15) is 12.3 Å². The van der Waals surface area contributed by atoms with Crippen molar-refractivity contribution in [3.63, 3.8) is 0 Å². The van der Waals surface area contributed by atoms with Gasteiger partial charge in [-0.15, -0.1) is 11.8 Å². The van der Waals surface area contributed by atoms with Crippen LogP contribution in [0.4, 0.5) is 0 Å². The third kappa shape index (κ3) is 3.85. The quantitative estimate of drug-likeness (QED) is 0.600. The summed E-state index contributed by atoms with van der Waals surface area (Å²) in [6, 6.07) is 4.80. The average Bonchev–Trinajstić information content (AvgIpc) is 3.24. The van der Waals surface area contributed by atoms with Gasteiger partial charge in [0.15, 0.2) is 0 Å². The minimum atomic E-state index is -1.33. The molecule has 31 heavy (non-hydrogen) atoms. The second-order valence-corrected chi connectivity index (χ2v) is 9.09. The van der Waals surface area contributed by atoms with E-state index in [1.165, 1.54) is 17.2 Å². The van der Waals surface area contributed by atoms with E-state index in [0.29, 0.717) is 11.5 Å². The Bertz CT molecular complexity index is 1040. The molecule has 3 aliphatic heterocycles. The monoisotopic (exact) mass is 439 g/mol. The number of rotatable bonds is 5. The molecule has 8 nitrogen and oxygen atoms in total. The highest BCUT2D eigenvalue weighted by Crippen LogP contribution is 2.41. The van der Waals surface area contributed by atoms with Crippen molar-refractivity contribution in [2.24, 2.45) is 11.0 Å². The molecule has 0 aromatic heterocycles. The van der Waals surface area contributed by atoms with Gasteiger partial charge in [-0.3, -0.25) is 9.80 Å². The number of allylic oxidation sites excluding steroid dienone is 2. The summed E-state index contributed by atoms with van der Waals surface area (Å²) in [5.74, 6) is -0.437. The Kier molecular flexibility index (Phi) is 5.27. The van der Waals surface area contributed by atoms with Crippen molar-refractivity contribution in [2.45, 2.75) is 31.6 Å². The number of carbonyl (C=O) groups excluding carboxylic acids is 1. The minimum Gasteiger partial charge on any atom is -0.534 e. The van der Waals surface area contributed by atoms with Crippen molar-refractivity contribution in [1.82, 2.24) is 10.3 Å². The molecule has 5 rings (SSSR count). The van der Waals surface area contributed by atoms with E-state index >= 15 is 0 Å². The zero-order chi connectivity index (χ0) is 21.5. The number of thioether (sulfide) groups is 1. The molecule has 3 N–H and O–H groups in total. The van der Waals surface area contributed by atoms with Gasteiger partial charge in [-0.05, 0) is 53.9 Å². The van der Waals surface area contributed by atoms with Crippen LogP contribution in [0.25, 0.3) is 0 Å². The lowest BCUT2D eigenvalue weighted by Crippen LogP contribution is -2.54. The number of amides is 1. The topological polar surface area (TPSA) is 111 Å². The summed E-state index contributed by atoms with van der Waals surface area (Å²) in [4.78, 5) is 24.1. The van der Waals surface area contributed by atoms with Gasteiger partial charge in [0, 0.05) is 23.6 Å². The first-order valence-corrected chi connectivity index (χ1v) is 11.4. The Morgan fingerprint density at radius 2 is 2.23 bits per heavy atom. The number of benzene rings is 1. The van der Waals surface area contributed by atoms with Crippen LogP contribution >= 0.6 is 11.8 Å². The predicted molar refractivity (Wildman–Crippen MR) is 118 cm³/mol. The predicted octanol–water partition coefficient (Wildman–Crippen LogP) is 1.81. The minimum absolute atomic E-state index is 0.00225. The van der Waals surface area contributed by atoms with Crippen LogP contribution in [0.3, 0.4) is 0 Å². The second-order valence-electron chi connectivity index (χ2n) is 8.11. The van der Waals surface area contributed by atoms with Gasteiger partial charge in [-0.25, -0.2) is 4.79 Å². The van der Waals surface area contributed by atoms with Crippen LogP contribution in [0.1, 0.15) is 35.2 Å². The number of nitrogens with one attached hydrogen (secondary N) is 1. The molecule has 1 amide bonds. The molecule has 1 aromatic carbocycles. The molecule has 1 unspecified atom stereocenters. The lowest BCUT2D eigenvalue weighted by molar-refractivity contribution is -0.122. The molecule has 1 aromatic rings. The fourth-order valence-electron chi connectivity index (χ4n) is 4.42. The lowest BCUT2D eigenvalue weighted by atomic mass is 9.72. The molecule has 10 heteroatoms. The maximum atomic E-state index is 12.7. The number of carboxylic acid groups (broad SMARTS) is 1. The molecule has 1 fully saturated rings. The lowest BCUT2D eigenvalue weighted by Gasteiger charge is -2.37. The number of hydrazone groups is 1. The Hall–Kier alpha value is -2.72. The van der Waals surface area contributed by atoms with Crippen molar-refractivity contribution < 1.29 is 24.4 Å². The van der Waals surface area contributed by atoms with Gasteiger partial charge < -0.3 is 20.1 Å². The first kappa shape index (κ1) is 20.2. The maximum Gasteiger partial charge on any atom is 0.547 e. The van der Waals surface area contributed by atoms with Crippen molar-refractivity contribution in [3.8, 4) is 5.75 Å². The van der Waals surface area contributed by atoms with Gasteiger partial charge in [0.25, 0.3) is 0 Å². The highest BCUT2D eigenvalue weighted by atomic mass is 32.2. The van der Waals surface area contributed by atoms with E-state index in [4.69, 9.17) is 4.65 Å². The van der Waals surface area contributed by atoms with E-state index < -0.39 is 19.0 Å². The van der Waals surface area contributed by atoms with Crippen molar-refractivity contribution in [1.29, 1.82) is 0 Å². The second kappa shape index (κ2) is 8.09. The molecule has 0 bridgehead atoms. The molecule has 0 spiro atoms. The van der Waals surface area contributed by atoms with E-state index in [1.807, 2.05) is 18.0 Å². The van der Waals surface area contributed by atoms with Crippen molar-refractivity contribution in [3.05, 3.63) is 52.1 Å². The molecule has 0 saturated heterocycles. The van der Waals surface area contributed by atoms with E-state index in [-0.39, 0.29) is 30.2 Å². The van der Waals surface area contributed by atoms with E-state index in [9.17, 15) is 19.7 Å².